The first-order valence-electron chi connectivity index (χ1n) is 8.25. The third kappa shape index (κ3) is 4.83. The minimum Gasteiger partial charge on any atom is -0.491 e. The van der Waals surface area contributed by atoms with Crippen LogP contribution in [0.5, 0.6) is 5.75 Å². The van der Waals surface area contributed by atoms with Gasteiger partial charge in [0.05, 0.1) is 6.61 Å². The number of hydrogen-bond donors (Lipinski definition) is 2. The van der Waals surface area contributed by atoms with Gasteiger partial charge in [0.2, 0.25) is 0 Å². The van der Waals surface area contributed by atoms with E-state index in [9.17, 15) is 14.7 Å². The van der Waals surface area contributed by atoms with Gasteiger partial charge >= 0.3 is 5.97 Å². The summed E-state index contributed by atoms with van der Waals surface area (Å²) in [5.74, 6) is -0.948. The van der Waals surface area contributed by atoms with Crippen LogP contribution < -0.4 is 10.1 Å². The van der Waals surface area contributed by atoms with E-state index < -0.39 is 17.9 Å². The highest BCUT2D eigenvalue weighted by molar-refractivity contribution is 5.97. The van der Waals surface area contributed by atoms with E-state index in [0.717, 1.165) is 11.1 Å². The molecule has 2 aromatic carbocycles. The second-order valence-corrected chi connectivity index (χ2v) is 5.90. The molecule has 0 fully saturated rings. The van der Waals surface area contributed by atoms with Crippen LogP contribution in [0.2, 0.25) is 0 Å². The maximum atomic E-state index is 12.5. The topological polar surface area (TPSA) is 84.9 Å². The molecule has 6 heteroatoms. The number of carbonyl (C=O) groups excluding carboxylic acids is 1. The summed E-state index contributed by atoms with van der Waals surface area (Å²) in [7, 11) is 1.59. The number of ether oxygens (including phenoxy) is 2. The van der Waals surface area contributed by atoms with Gasteiger partial charge in [0.25, 0.3) is 5.91 Å². The molecule has 0 saturated carbocycles. The average Bonchev–Trinajstić information content (AvgIpc) is 2.63. The van der Waals surface area contributed by atoms with Gasteiger partial charge in [-0.3, -0.25) is 4.79 Å². The first-order valence-corrected chi connectivity index (χ1v) is 8.25. The van der Waals surface area contributed by atoms with E-state index in [1.54, 1.807) is 43.5 Å². The van der Waals surface area contributed by atoms with Crippen molar-refractivity contribution in [3.05, 3.63) is 64.7 Å². The normalized spacial score (nSPS) is 11.7. The quantitative estimate of drug-likeness (QED) is 0.710. The number of rotatable bonds is 8. The Morgan fingerprint density at radius 1 is 1.08 bits per heavy atom. The molecule has 0 aliphatic heterocycles. The Labute approximate surface area is 152 Å². The van der Waals surface area contributed by atoms with Crippen molar-refractivity contribution in [3.8, 4) is 5.75 Å². The zero-order valence-electron chi connectivity index (χ0n) is 15.1. The lowest BCUT2D eigenvalue weighted by atomic mass is 9.97. The van der Waals surface area contributed by atoms with Crippen molar-refractivity contribution in [2.75, 3.05) is 20.3 Å². The minimum absolute atomic E-state index is 0.362. The van der Waals surface area contributed by atoms with E-state index in [4.69, 9.17) is 9.47 Å². The Morgan fingerprint density at radius 3 is 2.38 bits per heavy atom. The molecule has 1 amide bonds. The highest BCUT2D eigenvalue weighted by Crippen LogP contribution is 2.21. The van der Waals surface area contributed by atoms with Gasteiger partial charge < -0.3 is 19.9 Å². The van der Waals surface area contributed by atoms with E-state index in [1.165, 1.54) is 0 Å². The molecule has 0 saturated heterocycles. The zero-order chi connectivity index (χ0) is 19.1. The van der Waals surface area contributed by atoms with E-state index in [1.807, 2.05) is 19.9 Å². The minimum atomic E-state index is -1.11. The van der Waals surface area contributed by atoms with Gasteiger partial charge in [-0.05, 0) is 54.8 Å². The van der Waals surface area contributed by atoms with Gasteiger partial charge in [0.15, 0.2) is 6.04 Å². The Hall–Kier alpha value is -2.86. The fraction of sp³-hybridized carbons (Fsp3) is 0.300. The zero-order valence-corrected chi connectivity index (χ0v) is 15.1. The van der Waals surface area contributed by atoms with Crippen LogP contribution in [0.1, 0.15) is 33.1 Å². The first-order chi connectivity index (χ1) is 12.4. The lowest BCUT2D eigenvalue weighted by Gasteiger charge is -2.18. The van der Waals surface area contributed by atoms with Gasteiger partial charge in [-0.2, -0.15) is 0 Å². The SMILES string of the molecule is COCCOc1ccc(C(=O)NC(C(=O)O)c2cccc(C)c2C)cc1. The molecule has 0 bridgehead atoms. The molecule has 0 radical (unpaired) electrons. The molecule has 138 valence electrons. The van der Waals surface area contributed by atoms with Crippen molar-refractivity contribution < 1.29 is 24.2 Å². The van der Waals surface area contributed by atoms with Crippen LogP contribution in [0.15, 0.2) is 42.5 Å². The van der Waals surface area contributed by atoms with E-state index >= 15 is 0 Å². The highest BCUT2D eigenvalue weighted by atomic mass is 16.5. The Balaban J connectivity index is 2.13. The Morgan fingerprint density at radius 2 is 1.77 bits per heavy atom. The maximum absolute atomic E-state index is 12.5. The summed E-state index contributed by atoms with van der Waals surface area (Å²) in [6.07, 6.45) is 0. The fourth-order valence-electron chi connectivity index (χ4n) is 2.52. The first kappa shape index (κ1) is 19.5. The Kier molecular flexibility index (Phi) is 6.74. The van der Waals surface area contributed by atoms with Crippen molar-refractivity contribution in [1.82, 2.24) is 5.32 Å². The molecule has 2 rings (SSSR count). The number of methoxy groups -OCH3 is 1. The fourth-order valence-corrected chi connectivity index (χ4v) is 2.52. The van der Waals surface area contributed by atoms with Crippen LogP contribution in [0.4, 0.5) is 0 Å². The van der Waals surface area contributed by atoms with Crippen molar-refractivity contribution in [2.24, 2.45) is 0 Å². The van der Waals surface area contributed by atoms with Gasteiger partial charge in [-0.1, -0.05) is 18.2 Å². The third-order valence-electron chi connectivity index (χ3n) is 4.15. The van der Waals surface area contributed by atoms with Crippen molar-refractivity contribution in [3.63, 3.8) is 0 Å². The second kappa shape index (κ2) is 9.01. The van der Waals surface area contributed by atoms with Crippen LogP contribution in [-0.4, -0.2) is 37.3 Å². The molecule has 0 aromatic heterocycles. The van der Waals surface area contributed by atoms with Gasteiger partial charge in [0, 0.05) is 12.7 Å². The molecule has 26 heavy (non-hydrogen) atoms. The largest absolute Gasteiger partial charge is 0.491 e. The van der Waals surface area contributed by atoms with Crippen LogP contribution in [-0.2, 0) is 9.53 Å². The number of carboxylic acid groups (broad SMARTS) is 1. The van der Waals surface area contributed by atoms with E-state index in [-0.39, 0.29) is 0 Å². The molecule has 0 spiro atoms. The van der Waals surface area contributed by atoms with Crippen molar-refractivity contribution >= 4 is 11.9 Å². The summed E-state index contributed by atoms with van der Waals surface area (Å²) in [6.45, 7) is 4.63. The van der Waals surface area contributed by atoms with Crippen LogP contribution in [0.25, 0.3) is 0 Å². The molecule has 0 heterocycles. The summed E-state index contributed by atoms with van der Waals surface area (Å²) in [4.78, 5) is 24.2. The number of amides is 1. The molecule has 6 nitrogen and oxygen atoms in total. The van der Waals surface area contributed by atoms with Crippen LogP contribution in [0.3, 0.4) is 0 Å². The van der Waals surface area contributed by atoms with Crippen molar-refractivity contribution in [1.29, 1.82) is 0 Å². The number of carboxylic acids is 1. The monoisotopic (exact) mass is 357 g/mol. The predicted octanol–water partition coefficient (Wildman–Crippen LogP) is 2.88. The highest BCUT2D eigenvalue weighted by Gasteiger charge is 2.24. The van der Waals surface area contributed by atoms with Gasteiger partial charge in [-0.25, -0.2) is 4.79 Å². The molecular formula is C20H23NO5. The summed E-state index contributed by atoms with van der Waals surface area (Å²) in [6, 6.07) is 10.8. The van der Waals surface area contributed by atoms with E-state index in [2.05, 4.69) is 5.32 Å². The predicted molar refractivity (Wildman–Crippen MR) is 97.6 cm³/mol. The van der Waals surface area contributed by atoms with E-state index in [0.29, 0.717) is 30.1 Å². The second-order valence-electron chi connectivity index (χ2n) is 5.90. The lowest BCUT2D eigenvalue weighted by molar-refractivity contribution is -0.139. The third-order valence-corrected chi connectivity index (χ3v) is 4.15. The molecule has 1 atom stereocenters. The van der Waals surface area contributed by atoms with Crippen molar-refractivity contribution in [2.45, 2.75) is 19.9 Å². The molecule has 0 aliphatic rings. The number of nitrogens with one attached hydrogen (secondary N) is 1. The smallest absolute Gasteiger partial charge is 0.330 e. The number of hydrogen-bond acceptors (Lipinski definition) is 4. The molecule has 2 aromatic rings. The average molecular weight is 357 g/mol. The molecular weight excluding hydrogens is 334 g/mol. The lowest BCUT2D eigenvalue weighted by Crippen LogP contribution is -2.34. The van der Waals surface area contributed by atoms with Crippen LogP contribution in [0, 0.1) is 13.8 Å². The number of benzene rings is 2. The molecule has 2 N–H and O–H groups in total. The summed E-state index contributed by atoms with van der Waals surface area (Å²) < 4.78 is 10.4. The summed E-state index contributed by atoms with van der Waals surface area (Å²) in [5, 5.41) is 12.1. The molecule has 0 aliphatic carbocycles. The number of carbonyl (C=O) groups is 2. The summed E-state index contributed by atoms with van der Waals surface area (Å²) >= 11 is 0. The maximum Gasteiger partial charge on any atom is 0.330 e. The number of aliphatic carboxylic acids is 1. The number of aryl methyl sites for hydroxylation is 1. The van der Waals surface area contributed by atoms with Crippen LogP contribution >= 0.6 is 0 Å². The molecule has 1 unspecified atom stereocenters. The van der Waals surface area contributed by atoms with Gasteiger partial charge in [-0.15, -0.1) is 0 Å². The Bertz CT molecular complexity index is 770. The summed E-state index contributed by atoms with van der Waals surface area (Å²) in [5.41, 5.74) is 2.76. The van der Waals surface area contributed by atoms with Gasteiger partial charge in [0.1, 0.15) is 12.4 Å². The standard InChI is InChI=1S/C20H23NO5/c1-13-5-4-6-17(14(13)2)18(20(23)24)21-19(22)15-7-9-16(10-8-15)26-12-11-25-3/h4-10,18H,11-12H2,1-3H3,(H,21,22)(H,23,24).